The second-order valence-electron chi connectivity index (χ2n) is 5.13. The van der Waals surface area contributed by atoms with Crippen LogP contribution < -0.4 is 0 Å². The predicted octanol–water partition coefficient (Wildman–Crippen LogP) is 1.26. The number of nitrogens with zero attached hydrogens (tertiary/aromatic N) is 1. The van der Waals surface area contributed by atoms with Crippen LogP contribution in [0, 0.1) is 0 Å². The van der Waals surface area contributed by atoms with E-state index in [1.165, 1.54) is 4.31 Å². The smallest absolute Gasteiger partial charge is 0.221 e. The molecule has 1 aliphatic heterocycles. The Morgan fingerprint density at radius 3 is 2.63 bits per heavy atom. The fourth-order valence-electron chi connectivity index (χ4n) is 1.38. The summed E-state index contributed by atoms with van der Waals surface area (Å²) in [5.74, 6) is 0. The van der Waals surface area contributed by atoms with Crippen LogP contribution in [0.1, 0.15) is 20.8 Å². The first-order chi connectivity index (χ1) is 9.03. The summed E-state index contributed by atoms with van der Waals surface area (Å²) in [5, 5.41) is 0. The van der Waals surface area contributed by atoms with E-state index < -0.39 is 0 Å². The van der Waals surface area contributed by atoms with Gasteiger partial charge < -0.3 is 14.2 Å². The summed E-state index contributed by atoms with van der Waals surface area (Å²) in [6.07, 6.45) is 0.756. The van der Waals surface area contributed by atoms with E-state index in [4.69, 9.17) is 18.4 Å². The van der Waals surface area contributed by atoms with E-state index in [-0.39, 0.29) is 11.6 Å². The van der Waals surface area contributed by atoms with E-state index in [2.05, 4.69) is 0 Å². The highest BCUT2D eigenvalue weighted by Gasteiger charge is 2.25. The maximum Gasteiger partial charge on any atom is 0.221 e. The molecule has 1 heterocycles. The maximum absolute atomic E-state index is 10.6. The lowest BCUT2D eigenvalue weighted by Gasteiger charge is -2.19. The first kappa shape index (κ1) is 16.7. The molecule has 19 heavy (non-hydrogen) atoms. The lowest BCUT2D eigenvalue weighted by Crippen LogP contribution is -2.31. The standard InChI is InChI=1S/C12H23NO5S/c1-12(2,3)17-7-6-15-4-5-16-8-11-9-18-19-13(11)10-14/h10-11H,4-9H2,1-3H3. The SMILES string of the molecule is CC(C)(C)OCCOCCOCC1COSN1C=O. The third-order valence-corrected chi connectivity index (χ3v) is 3.11. The highest BCUT2D eigenvalue weighted by Crippen LogP contribution is 2.22. The molecule has 0 spiro atoms. The monoisotopic (exact) mass is 293 g/mol. The number of hydrogen-bond donors (Lipinski definition) is 0. The van der Waals surface area contributed by atoms with Crippen LogP contribution in [-0.2, 0) is 23.2 Å². The first-order valence-electron chi connectivity index (χ1n) is 6.35. The summed E-state index contributed by atoms with van der Waals surface area (Å²) in [4.78, 5) is 10.6. The van der Waals surface area contributed by atoms with Crippen molar-refractivity contribution >= 4 is 18.6 Å². The van der Waals surface area contributed by atoms with Gasteiger partial charge in [-0.3, -0.25) is 13.3 Å². The van der Waals surface area contributed by atoms with Crippen molar-refractivity contribution in [2.24, 2.45) is 0 Å². The van der Waals surface area contributed by atoms with Gasteiger partial charge in [-0.25, -0.2) is 0 Å². The maximum atomic E-state index is 10.6. The molecule has 0 bridgehead atoms. The van der Waals surface area contributed by atoms with Crippen molar-refractivity contribution in [3.05, 3.63) is 0 Å². The summed E-state index contributed by atoms with van der Waals surface area (Å²) in [5.41, 5.74) is -0.127. The van der Waals surface area contributed by atoms with Gasteiger partial charge in [0.25, 0.3) is 0 Å². The minimum atomic E-state index is -0.127. The van der Waals surface area contributed by atoms with E-state index in [0.29, 0.717) is 39.6 Å². The molecule has 1 saturated heterocycles. The van der Waals surface area contributed by atoms with Crippen LogP contribution in [0.3, 0.4) is 0 Å². The van der Waals surface area contributed by atoms with Crippen LogP contribution in [0.15, 0.2) is 0 Å². The van der Waals surface area contributed by atoms with Gasteiger partial charge in [0.2, 0.25) is 6.41 Å². The van der Waals surface area contributed by atoms with Crippen molar-refractivity contribution in [3.8, 4) is 0 Å². The molecular weight excluding hydrogens is 270 g/mol. The summed E-state index contributed by atoms with van der Waals surface area (Å²) < 4.78 is 22.9. The summed E-state index contributed by atoms with van der Waals surface area (Å²) in [6, 6.07) is -0.00766. The largest absolute Gasteiger partial charge is 0.377 e. The Morgan fingerprint density at radius 1 is 1.26 bits per heavy atom. The van der Waals surface area contributed by atoms with Crippen LogP contribution in [0.25, 0.3) is 0 Å². The van der Waals surface area contributed by atoms with Gasteiger partial charge in [-0.2, -0.15) is 0 Å². The molecule has 0 radical (unpaired) electrons. The molecule has 0 aromatic heterocycles. The highest BCUT2D eigenvalue weighted by atomic mass is 32.2. The predicted molar refractivity (Wildman–Crippen MR) is 72.6 cm³/mol. The zero-order chi connectivity index (χ0) is 14.1. The van der Waals surface area contributed by atoms with Crippen molar-refractivity contribution in [1.29, 1.82) is 0 Å². The van der Waals surface area contributed by atoms with E-state index >= 15 is 0 Å². The number of ether oxygens (including phenoxy) is 3. The van der Waals surface area contributed by atoms with Crippen molar-refractivity contribution in [2.75, 3.05) is 39.6 Å². The molecule has 1 atom stereocenters. The average molecular weight is 293 g/mol. The van der Waals surface area contributed by atoms with Crippen molar-refractivity contribution in [2.45, 2.75) is 32.4 Å². The molecule has 0 N–H and O–H groups in total. The van der Waals surface area contributed by atoms with Gasteiger partial charge in [-0.05, 0) is 20.8 Å². The van der Waals surface area contributed by atoms with Gasteiger partial charge in [0.05, 0.1) is 51.3 Å². The molecule has 1 fully saturated rings. The van der Waals surface area contributed by atoms with Crippen molar-refractivity contribution in [3.63, 3.8) is 0 Å². The Hall–Kier alpha value is -0.340. The Labute approximate surface area is 119 Å². The Kier molecular flexibility index (Phi) is 7.70. The number of amides is 1. The average Bonchev–Trinajstić information content (AvgIpc) is 2.78. The Bertz CT molecular complexity index is 259. The van der Waals surface area contributed by atoms with Gasteiger partial charge in [0.1, 0.15) is 12.2 Å². The zero-order valence-electron chi connectivity index (χ0n) is 11.8. The Morgan fingerprint density at radius 2 is 1.95 bits per heavy atom. The number of hydrogen-bond acceptors (Lipinski definition) is 6. The molecule has 1 amide bonds. The normalized spacial score (nSPS) is 19.9. The topological polar surface area (TPSA) is 57.2 Å². The number of rotatable bonds is 9. The van der Waals surface area contributed by atoms with E-state index in [1.54, 1.807) is 0 Å². The Balaban J connectivity index is 1.90. The van der Waals surface area contributed by atoms with E-state index in [0.717, 1.165) is 18.6 Å². The summed E-state index contributed by atoms with van der Waals surface area (Å²) >= 11 is 1.07. The first-order valence-corrected chi connectivity index (χ1v) is 7.05. The molecule has 7 heteroatoms. The molecule has 1 aliphatic rings. The second kappa shape index (κ2) is 8.76. The molecule has 0 saturated carbocycles. The van der Waals surface area contributed by atoms with E-state index in [1.807, 2.05) is 20.8 Å². The van der Waals surface area contributed by atoms with Crippen LogP contribution in [0.4, 0.5) is 0 Å². The molecule has 1 rings (SSSR count). The molecule has 6 nitrogen and oxygen atoms in total. The van der Waals surface area contributed by atoms with Gasteiger partial charge in [0.15, 0.2) is 0 Å². The molecule has 112 valence electrons. The van der Waals surface area contributed by atoms with Gasteiger partial charge in [0, 0.05) is 0 Å². The van der Waals surface area contributed by atoms with Gasteiger partial charge in [-0.1, -0.05) is 0 Å². The lowest BCUT2D eigenvalue weighted by atomic mass is 10.2. The lowest BCUT2D eigenvalue weighted by molar-refractivity contribution is -0.115. The molecular formula is C12H23NO5S. The number of carbonyl (C=O) groups excluding carboxylic acids is 1. The quantitative estimate of drug-likeness (QED) is 0.276. The van der Waals surface area contributed by atoms with Crippen LogP contribution >= 0.6 is 12.2 Å². The van der Waals surface area contributed by atoms with Crippen LogP contribution in [-0.4, -0.2) is 62.0 Å². The molecule has 0 aromatic rings. The third kappa shape index (κ3) is 7.74. The van der Waals surface area contributed by atoms with Gasteiger partial charge >= 0.3 is 0 Å². The third-order valence-electron chi connectivity index (χ3n) is 2.31. The minimum Gasteiger partial charge on any atom is -0.377 e. The minimum absolute atomic E-state index is 0.00766. The fourth-order valence-corrected chi connectivity index (χ4v) is 1.99. The van der Waals surface area contributed by atoms with E-state index in [9.17, 15) is 4.79 Å². The highest BCUT2D eigenvalue weighted by molar-refractivity contribution is 7.93. The second-order valence-corrected chi connectivity index (χ2v) is 5.93. The zero-order valence-corrected chi connectivity index (χ0v) is 12.6. The number of carbonyl (C=O) groups is 1. The van der Waals surface area contributed by atoms with Crippen molar-refractivity contribution in [1.82, 2.24) is 4.31 Å². The van der Waals surface area contributed by atoms with Crippen LogP contribution in [0.2, 0.25) is 0 Å². The summed E-state index contributed by atoms with van der Waals surface area (Å²) in [7, 11) is 0. The molecule has 1 unspecified atom stereocenters. The molecule has 0 aliphatic carbocycles. The van der Waals surface area contributed by atoms with Crippen LogP contribution in [0.5, 0.6) is 0 Å². The van der Waals surface area contributed by atoms with Crippen molar-refractivity contribution < 1.29 is 23.2 Å². The molecule has 0 aromatic carbocycles. The van der Waals surface area contributed by atoms with Gasteiger partial charge in [-0.15, -0.1) is 0 Å². The summed E-state index contributed by atoms with van der Waals surface area (Å²) in [6.45, 7) is 9.17. The fraction of sp³-hybridized carbons (Fsp3) is 0.917.